The molecule has 6 nitrogen and oxygen atoms in total. The standard InChI is InChI=1S/C21H16ClN3O3/c22-18-11-4-5-12-19(18)24-20(26)21(27)25-23-14-15-7-6-10-17(13-15)28-16-8-2-1-3-9-16/h1-14H,(H,24,26)(H,25,27). The Morgan fingerprint density at radius 1 is 0.857 bits per heavy atom. The maximum Gasteiger partial charge on any atom is 0.329 e. The normalized spacial score (nSPS) is 10.5. The Labute approximate surface area is 166 Å². The van der Waals surface area contributed by atoms with E-state index in [1.165, 1.54) is 6.21 Å². The van der Waals surface area contributed by atoms with Crippen LogP contribution < -0.4 is 15.5 Å². The summed E-state index contributed by atoms with van der Waals surface area (Å²) in [6.45, 7) is 0. The number of hydrogen-bond donors (Lipinski definition) is 2. The lowest BCUT2D eigenvalue weighted by atomic mass is 10.2. The molecule has 2 N–H and O–H groups in total. The minimum Gasteiger partial charge on any atom is -0.457 e. The van der Waals surface area contributed by atoms with Gasteiger partial charge in [-0.3, -0.25) is 9.59 Å². The fourth-order valence-corrected chi connectivity index (χ4v) is 2.42. The van der Waals surface area contributed by atoms with Crippen LogP contribution in [0.1, 0.15) is 5.56 Å². The van der Waals surface area contributed by atoms with Gasteiger partial charge in [0.15, 0.2) is 0 Å². The van der Waals surface area contributed by atoms with Crippen LogP contribution in [-0.4, -0.2) is 18.0 Å². The van der Waals surface area contributed by atoms with E-state index in [-0.39, 0.29) is 0 Å². The van der Waals surface area contributed by atoms with E-state index in [9.17, 15) is 9.59 Å². The van der Waals surface area contributed by atoms with Crippen molar-refractivity contribution >= 4 is 35.3 Å². The minimum atomic E-state index is -0.909. The second-order valence-electron chi connectivity index (χ2n) is 5.62. The van der Waals surface area contributed by atoms with Gasteiger partial charge in [0.05, 0.1) is 16.9 Å². The molecule has 0 unspecified atom stereocenters. The molecule has 7 heteroatoms. The van der Waals surface area contributed by atoms with Gasteiger partial charge < -0.3 is 10.1 Å². The van der Waals surface area contributed by atoms with Gasteiger partial charge in [0.2, 0.25) is 0 Å². The number of anilines is 1. The van der Waals surface area contributed by atoms with Crippen LogP contribution in [0.5, 0.6) is 11.5 Å². The van der Waals surface area contributed by atoms with E-state index in [4.69, 9.17) is 16.3 Å². The Morgan fingerprint density at radius 2 is 1.57 bits per heavy atom. The van der Waals surface area contributed by atoms with Crippen LogP contribution in [0.2, 0.25) is 5.02 Å². The molecular weight excluding hydrogens is 378 g/mol. The van der Waals surface area contributed by atoms with Gasteiger partial charge in [0.1, 0.15) is 11.5 Å². The highest BCUT2D eigenvalue weighted by Gasteiger charge is 2.14. The van der Waals surface area contributed by atoms with Crippen molar-refractivity contribution in [3.05, 3.63) is 89.4 Å². The predicted molar refractivity (Wildman–Crippen MR) is 109 cm³/mol. The van der Waals surface area contributed by atoms with Gasteiger partial charge >= 0.3 is 11.8 Å². The number of carbonyl (C=O) groups excluding carboxylic acids is 2. The van der Waals surface area contributed by atoms with Gasteiger partial charge in [-0.15, -0.1) is 0 Å². The SMILES string of the molecule is O=C(NN=Cc1cccc(Oc2ccccc2)c1)C(=O)Nc1ccccc1Cl. The smallest absolute Gasteiger partial charge is 0.329 e. The molecule has 0 radical (unpaired) electrons. The highest BCUT2D eigenvalue weighted by atomic mass is 35.5. The van der Waals surface area contributed by atoms with Crippen LogP contribution in [0.25, 0.3) is 0 Å². The summed E-state index contributed by atoms with van der Waals surface area (Å²) in [5.41, 5.74) is 3.22. The Bertz CT molecular complexity index is 1010. The lowest BCUT2D eigenvalue weighted by Crippen LogP contribution is -2.32. The van der Waals surface area contributed by atoms with E-state index >= 15 is 0 Å². The van der Waals surface area contributed by atoms with Gasteiger partial charge in [0.25, 0.3) is 0 Å². The van der Waals surface area contributed by atoms with Crippen molar-refractivity contribution < 1.29 is 14.3 Å². The number of rotatable bonds is 5. The first-order valence-electron chi connectivity index (χ1n) is 8.34. The number of nitrogens with one attached hydrogen (secondary N) is 2. The average Bonchev–Trinajstić information content (AvgIpc) is 2.70. The summed E-state index contributed by atoms with van der Waals surface area (Å²) in [6, 6.07) is 23.1. The largest absolute Gasteiger partial charge is 0.457 e. The first-order valence-corrected chi connectivity index (χ1v) is 8.71. The maximum absolute atomic E-state index is 11.9. The predicted octanol–water partition coefficient (Wildman–Crippen LogP) is 4.22. The molecule has 0 saturated carbocycles. The van der Waals surface area contributed by atoms with E-state index in [1.54, 1.807) is 48.5 Å². The van der Waals surface area contributed by atoms with E-state index in [0.29, 0.717) is 27.8 Å². The zero-order valence-electron chi connectivity index (χ0n) is 14.6. The monoisotopic (exact) mass is 393 g/mol. The number of hydrogen-bond acceptors (Lipinski definition) is 4. The fraction of sp³-hybridized carbons (Fsp3) is 0. The second-order valence-corrected chi connectivity index (χ2v) is 6.03. The Balaban J connectivity index is 1.56. The van der Waals surface area contributed by atoms with Gasteiger partial charge in [-0.1, -0.05) is 54.1 Å². The van der Waals surface area contributed by atoms with Crippen LogP contribution >= 0.6 is 11.6 Å². The van der Waals surface area contributed by atoms with Gasteiger partial charge in [-0.2, -0.15) is 5.10 Å². The molecule has 0 spiro atoms. The van der Waals surface area contributed by atoms with Crippen molar-refractivity contribution in [3.63, 3.8) is 0 Å². The molecule has 0 heterocycles. The molecule has 0 fully saturated rings. The van der Waals surface area contributed by atoms with E-state index in [2.05, 4.69) is 15.8 Å². The van der Waals surface area contributed by atoms with Gasteiger partial charge in [0, 0.05) is 0 Å². The Kier molecular flexibility index (Phi) is 6.38. The van der Waals surface area contributed by atoms with E-state index in [1.807, 2.05) is 30.3 Å². The zero-order chi connectivity index (χ0) is 19.8. The Morgan fingerprint density at radius 3 is 2.36 bits per heavy atom. The highest BCUT2D eigenvalue weighted by Crippen LogP contribution is 2.21. The number of ether oxygens (including phenoxy) is 1. The number of nitrogens with zero attached hydrogens (tertiary/aromatic N) is 1. The van der Waals surface area contributed by atoms with Crippen LogP contribution in [-0.2, 0) is 9.59 Å². The topological polar surface area (TPSA) is 79.8 Å². The molecule has 0 aliphatic heterocycles. The molecule has 0 aliphatic rings. The first-order chi connectivity index (χ1) is 13.6. The number of para-hydroxylation sites is 2. The second kappa shape index (κ2) is 9.34. The summed E-state index contributed by atoms with van der Waals surface area (Å²) < 4.78 is 5.74. The summed E-state index contributed by atoms with van der Waals surface area (Å²) in [4.78, 5) is 23.7. The summed E-state index contributed by atoms with van der Waals surface area (Å²) in [5.74, 6) is -0.446. The molecular formula is C21H16ClN3O3. The number of halogens is 1. The zero-order valence-corrected chi connectivity index (χ0v) is 15.4. The summed E-state index contributed by atoms with van der Waals surface area (Å²) in [5, 5.41) is 6.55. The molecule has 0 bridgehead atoms. The summed E-state index contributed by atoms with van der Waals surface area (Å²) in [7, 11) is 0. The molecule has 140 valence electrons. The van der Waals surface area contributed by atoms with Crippen molar-refractivity contribution in [1.82, 2.24) is 5.43 Å². The Hall–Kier alpha value is -3.64. The van der Waals surface area contributed by atoms with Crippen LogP contribution in [0.15, 0.2) is 84.0 Å². The van der Waals surface area contributed by atoms with E-state index < -0.39 is 11.8 Å². The highest BCUT2D eigenvalue weighted by molar-refractivity contribution is 6.41. The quantitative estimate of drug-likeness (QED) is 0.387. The van der Waals surface area contributed by atoms with Crippen molar-refractivity contribution in [2.24, 2.45) is 5.10 Å². The van der Waals surface area contributed by atoms with Crippen molar-refractivity contribution in [1.29, 1.82) is 0 Å². The molecule has 2 amide bonds. The van der Waals surface area contributed by atoms with Gasteiger partial charge in [-0.05, 0) is 42.0 Å². The van der Waals surface area contributed by atoms with Gasteiger partial charge in [-0.25, -0.2) is 5.43 Å². The fourth-order valence-electron chi connectivity index (χ4n) is 2.24. The maximum atomic E-state index is 11.9. The molecule has 0 atom stereocenters. The summed E-state index contributed by atoms with van der Waals surface area (Å²) in [6.07, 6.45) is 1.42. The van der Waals surface area contributed by atoms with E-state index in [0.717, 1.165) is 0 Å². The molecule has 28 heavy (non-hydrogen) atoms. The third-order valence-electron chi connectivity index (χ3n) is 3.55. The van der Waals surface area contributed by atoms with Crippen molar-refractivity contribution in [2.75, 3.05) is 5.32 Å². The lowest BCUT2D eigenvalue weighted by Gasteiger charge is -2.06. The van der Waals surface area contributed by atoms with Crippen LogP contribution in [0.3, 0.4) is 0 Å². The minimum absolute atomic E-state index is 0.336. The third-order valence-corrected chi connectivity index (χ3v) is 3.87. The average molecular weight is 394 g/mol. The molecule has 0 aliphatic carbocycles. The third kappa shape index (κ3) is 5.43. The lowest BCUT2D eigenvalue weighted by molar-refractivity contribution is -0.136. The van der Waals surface area contributed by atoms with Crippen LogP contribution in [0, 0.1) is 0 Å². The van der Waals surface area contributed by atoms with Crippen molar-refractivity contribution in [2.45, 2.75) is 0 Å². The number of hydrazone groups is 1. The number of carbonyl (C=O) groups is 2. The number of benzene rings is 3. The first kappa shape index (κ1) is 19.1. The van der Waals surface area contributed by atoms with Crippen LogP contribution in [0.4, 0.5) is 5.69 Å². The molecule has 3 aromatic carbocycles. The molecule has 0 saturated heterocycles. The molecule has 0 aromatic heterocycles. The molecule has 3 aromatic rings. The number of amides is 2. The summed E-state index contributed by atoms with van der Waals surface area (Å²) >= 11 is 5.94. The van der Waals surface area contributed by atoms with Crippen molar-refractivity contribution in [3.8, 4) is 11.5 Å². The molecule has 3 rings (SSSR count).